The van der Waals surface area contributed by atoms with Gasteiger partial charge in [0, 0.05) is 11.1 Å². The van der Waals surface area contributed by atoms with Gasteiger partial charge in [-0.15, -0.1) is 0 Å². The summed E-state index contributed by atoms with van der Waals surface area (Å²) >= 11 is 5.80. The fourth-order valence-corrected chi connectivity index (χ4v) is 2.09. The highest BCUT2D eigenvalue weighted by molar-refractivity contribution is 6.31. The van der Waals surface area contributed by atoms with Crippen molar-refractivity contribution in [3.63, 3.8) is 0 Å². The summed E-state index contributed by atoms with van der Waals surface area (Å²) in [6.45, 7) is 3.50. The molecule has 1 aromatic rings. The van der Waals surface area contributed by atoms with E-state index in [9.17, 15) is 14.7 Å². The van der Waals surface area contributed by atoms with Crippen molar-refractivity contribution in [2.75, 3.05) is 0 Å². The molecule has 0 saturated heterocycles. The van der Waals surface area contributed by atoms with E-state index in [2.05, 4.69) is 5.32 Å². The summed E-state index contributed by atoms with van der Waals surface area (Å²) in [5, 5.41) is 21.6. The molecular weight excluding hydrogens is 294 g/mol. The minimum absolute atomic E-state index is 0.114. The highest BCUT2D eigenvalue weighted by Crippen LogP contribution is 2.21. The lowest BCUT2D eigenvalue weighted by Gasteiger charge is -2.15. The Kier molecular flexibility index (Phi) is 6.49. The Morgan fingerprint density at radius 1 is 1.29 bits per heavy atom. The Hall–Kier alpha value is -1.75. The number of carbonyl (C=O) groups is 2. The summed E-state index contributed by atoms with van der Waals surface area (Å²) in [5.74, 6) is -1.71. The zero-order valence-corrected chi connectivity index (χ0v) is 12.9. The molecule has 116 valence electrons. The van der Waals surface area contributed by atoms with Gasteiger partial charge >= 0.3 is 5.97 Å². The van der Waals surface area contributed by atoms with Crippen LogP contribution in [0.1, 0.15) is 43.5 Å². The van der Waals surface area contributed by atoms with E-state index in [4.69, 9.17) is 16.7 Å². The Balaban J connectivity index is 2.47. The zero-order valence-electron chi connectivity index (χ0n) is 12.1. The molecule has 0 radical (unpaired) electrons. The van der Waals surface area contributed by atoms with Crippen molar-refractivity contribution in [2.45, 2.75) is 39.2 Å². The standard InChI is InChI=1S/C15H20ClNO4/c1-9(15(20)21)4-3-5-10(2)17-14(19)12-8-11(16)6-7-13(12)18/h6-10,18H,3-5H2,1-2H3,(H,17,19)(H,20,21). The Morgan fingerprint density at radius 2 is 1.95 bits per heavy atom. The van der Waals surface area contributed by atoms with Crippen LogP contribution in [-0.4, -0.2) is 28.1 Å². The molecule has 0 aliphatic carbocycles. The highest BCUT2D eigenvalue weighted by Gasteiger charge is 2.15. The summed E-state index contributed by atoms with van der Waals surface area (Å²) in [7, 11) is 0. The van der Waals surface area contributed by atoms with Gasteiger partial charge in [0.1, 0.15) is 5.75 Å². The van der Waals surface area contributed by atoms with E-state index in [1.807, 2.05) is 6.92 Å². The van der Waals surface area contributed by atoms with Crippen molar-refractivity contribution in [1.82, 2.24) is 5.32 Å². The van der Waals surface area contributed by atoms with Crippen LogP contribution in [0.5, 0.6) is 5.75 Å². The number of carboxylic acids is 1. The number of phenolic OH excluding ortho intramolecular Hbond substituents is 1. The quantitative estimate of drug-likeness (QED) is 0.722. The van der Waals surface area contributed by atoms with E-state index in [0.717, 1.165) is 0 Å². The van der Waals surface area contributed by atoms with Crippen LogP contribution in [0.15, 0.2) is 18.2 Å². The third-order valence-corrected chi connectivity index (χ3v) is 3.51. The first-order chi connectivity index (χ1) is 9.81. The first kappa shape index (κ1) is 17.3. The lowest BCUT2D eigenvalue weighted by molar-refractivity contribution is -0.141. The number of hydrogen-bond donors (Lipinski definition) is 3. The molecule has 0 aliphatic heterocycles. The van der Waals surface area contributed by atoms with Gasteiger partial charge in [0.2, 0.25) is 0 Å². The van der Waals surface area contributed by atoms with Crippen LogP contribution in [0.4, 0.5) is 0 Å². The summed E-state index contributed by atoms with van der Waals surface area (Å²) in [6.07, 6.45) is 1.94. The molecule has 1 rings (SSSR count). The Bertz CT molecular complexity index is 518. The minimum Gasteiger partial charge on any atom is -0.507 e. The van der Waals surface area contributed by atoms with E-state index < -0.39 is 11.9 Å². The van der Waals surface area contributed by atoms with Gasteiger partial charge in [-0.1, -0.05) is 24.9 Å². The fourth-order valence-electron chi connectivity index (χ4n) is 1.92. The first-order valence-corrected chi connectivity index (χ1v) is 7.21. The molecule has 0 bridgehead atoms. The summed E-state index contributed by atoms with van der Waals surface area (Å²) in [4.78, 5) is 22.7. The molecule has 1 aromatic carbocycles. The second-order valence-electron chi connectivity index (χ2n) is 5.21. The predicted octanol–water partition coefficient (Wildman–Crippen LogP) is 3.05. The number of aliphatic carboxylic acids is 1. The second-order valence-corrected chi connectivity index (χ2v) is 5.64. The molecule has 2 atom stereocenters. The van der Waals surface area contributed by atoms with Crippen molar-refractivity contribution in [3.8, 4) is 5.75 Å². The molecule has 21 heavy (non-hydrogen) atoms. The molecule has 0 aromatic heterocycles. The van der Waals surface area contributed by atoms with Crippen LogP contribution >= 0.6 is 11.6 Å². The maximum Gasteiger partial charge on any atom is 0.306 e. The molecule has 2 unspecified atom stereocenters. The largest absolute Gasteiger partial charge is 0.507 e. The molecule has 5 nitrogen and oxygen atoms in total. The van der Waals surface area contributed by atoms with E-state index in [0.29, 0.717) is 24.3 Å². The van der Waals surface area contributed by atoms with Crippen LogP contribution in [-0.2, 0) is 4.79 Å². The van der Waals surface area contributed by atoms with Gasteiger partial charge in [-0.05, 0) is 38.0 Å². The molecule has 6 heteroatoms. The molecular formula is C15H20ClNO4. The van der Waals surface area contributed by atoms with Crippen molar-refractivity contribution in [1.29, 1.82) is 0 Å². The van der Waals surface area contributed by atoms with Crippen LogP contribution in [0.3, 0.4) is 0 Å². The molecule has 0 aliphatic rings. The summed E-state index contributed by atoms with van der Waals surface area (Å²) < 4.78 is 0. The zero-order chi connectivity index (χ0) is 16.0. The second kappa shape index (κ2) is 7.88. The number of nitrogens with one attached hydrogen (secondary N) is 1. The maximum atomic E-state index is 12.0. The van der Waals surface area contributed by atoms with Crippen molar-refractivity contribution in [3.05, 3.63) is 28.8 Å². The molecule has 0 fully saturated rings. The number of rotatable bonds is 7. The van der Waals surface area contributed by atoms with Crippen molar-refractivity contribution >= 4 is 23.5 Å². The van der Waals surface area contributed by atoms with Gasteiger partial charge < -0.3 is 15.5 Å². The Labute approximate surface area is 128 Å². The fraction of sp³-hybridized carbons (Fsp3) is 0.467. The lowest BCUT2D eigenvalue weighted by Crippen LogP contribution is -2.32. The average molecular weight is 314 g/mol. The smallest absolute Gasteiger partial charge is 0.306 e. The third-order valence-electron chi connectivity index (χ3n) is 3.28. The Morgan fingerprint density at radius 3 is 2.57 bits per heavy atom. The highest BCUT2D eigenvalue weighted by atomic mass is 35.5. The van der Waals surface area contributed by atoms with Crippen LogP contribution in [0, 0.1) is 5.92 Å². The monoisotopic (exact) mass is 313 g/mol. The predicted molar refractivity (Wildman–Crippen MR) is 80.7 cm³/mol. The number of hydrogen-bond acceptors (Lipinski definition) is 3. The molecule has 0 saturated carbocycles. The van der Waals surface area contributed by atoms with Gasteiger partial charge in [0.05, 0.1) is 11.5 Å². The SMILES string of the molecule is CC(CCCC(C)C(=O)O)NC(=O)c1cc(Cl)ccc1O. The normalized spacial score (nSPS) is 13.5. The van der Waals surface area contributed by atoms with E-state index in [-0.39, 0.29) is 23.3 Å². The minimum atomic E-state index is -0.810. The summed E-state index contributed by atoms with van der Waals surface area (Å²) in [5.41, 5.74) is 0.133. The number of benzene rings is 1. The first-order valence-electron chi connectivity index (χ1n) is 6.83. The number of aromatic hydroxyl groups is 1. The van der Waals surface area contributed by atoms with Crippen LogP contribution < -0.4 is 5.32 Å². The van der Waals surface area contributed by atoms with Gasteiger partial charge in [0.15, 0.2) is 0 Å². The number of carbonyl (C=O) groups excluding carboxylic acids is 1. The van der Waals surface area contributed by atoms with E-state index in [1.54, 1.807) is 6.92 Å². The van der Waals surface area contributed by atoms with Crippen LogP contribution in [0.25, 0.3) is 0 Å². The number of phenols is 1. The lowest BCUT2D eigenvalue weighted by atomic mass is 10.0. The molecule has 0 heterocycles. The van der Waals surface area contributed by atoms with E-state index >= 15 is 0 Å². The number of amides is 1. The van der Waals surface area contributed by atoms with Crippen LogP contribution in [0.2, 0.25) is 5.02 Å². The van der Waals surface area contributed by atoms with Crippen molar-refractivity contribution < 1.29 is 19.8 Å². The van der Waals surface area contributed by atoms with Gasteiger partial charge in [-0.25, -0.2) is 0 Å². The van der Waals surface area contributed by atoms with Gasteiger partial charge in [0.25, 0.3) is 5.91 Å². The van der Waals surface area contributed by atoms with Gasteiger partial charge in [-0.3, -0.25) is 9.59 Å². The molecule has 3 N–H and O–H groups in total. The molecule has 0 spiro atoms. The average Bonchev–Trinajstić information content (AvgIpc) is 2.41. The van der Waals surface area contributed by atoms with E-state index in [1.165, 1.54) is 18.2 Å². The summed E-state index contributed by atoms with van der Waals surface area (Å²) in [6, 6.07) is 4.17. The van der Waals surface area contributed by atoms with Crippen molar-refractivity contribution in [2.24, 2.45) is 5.92 Å². The number of carboxylic acid groups (broad SMARTS) is 1. The maximum absolute atomic E-state index is 12.0. The third kappa shape index (κ3) is 5.63. The topological polar surface area (TPSA) is 86.6 Å². The number of halogens is 1. The molecule has 1 amide bonds. The van der Waals surface area contributed by atoms with Gasteiger partial charge in [-0.2, -0.15) is 0 Å².